The maximum Gasteiger partial charge on any atom is 0.201 e. The van der Waals surface area contributed by atoms with Gasteiger partial charge < -0.3 is 4.74 Å². The summed E-state index contributed by atoms with van der Waals surface area (Å²) in [7, 11) is 0. The summed E-state index contributed by atoms with van der Waals surface area (Å²) in [6.45, 7) is -0.277. The lowest BCUT2D eigenvalue weighted by atomic mass is 10.1. The maximum atomic E-state index is 12.1. The highest BCUT2D eigenvalue weighted by molar-refractivity contribution is 6.40. The molecule has 0 aliphatic heterocycles. The summed E-state index contributed by atoms with van der Waals surface area (Å²) in [6.07, 6.45) is 0. The van der Waals surface area contributed by atoms with Gasteiger partial charge in [-0.3, -0.25) is 4.79 Å². The normalized spacial score (nSPS) is 10.5. The molecule has 0 fully saturated rings. The van der Waals surface area contributed by atoms with Crippen LogP contribution in [0.3, 0.4) is 0 Å². The van der Waals surface area contributed by atoms with Crippen LogP contribution in [0.25, 0.3) is 0 Å². The van der Waals surface area contributed by atoms with E-state index in [-0.39, 0.29) is 33.7 Å². The third-order valence-corrected chi connectivity index (χ3v) is 3.88. The van der Waals surface area contributed by atoms with Crippen molar-refractivity contribution in [1.29, 1.82) is 0 Å². The zero-order valence-electron chi connectivity index (χ0n) is 10.3. The number of carbonyl (C=O) groups excluding carboxylic acids is 1. The number of hydrogen-bond acceptors (Lipinski definition) is 2. The minimum absolute atomic E-state index is 0.189. The van der Waals surface area contributed by atoms with E-state index >= 15 is 0 Å². The van der Waals surface area contributed by atoms with Crippen molar-refractivity contribution in [3.63, 3.8) is 0 Å². The lowest BCUT2D eigenvalue weighted by Gasteiger charge is -2.10. The molecule has 0 atom stereocenters. The van der Waals surface area contributed by atoms with Gasteiger partial charge >= 0.3 is 0 Å². The van der Waals surface area contributed by atoms with E-state index in [1.807, 2.05) is 0 Å². The molecule has 0 amide bonds. The number of carbonyl (C=O) groups is 1. The Morgan fingerprint density at radius 1 is 0.857 bits per heavy atom. The van der Waals surface area contributed by atoms with Gasteiger partial charge in [0.15, 0.2) is 12.4 Å². The number of Topliss-reactive ketones (excluding diaryl/α,β-unsaturated/α-hetero) is 1. The third-order valence-electron chi connectivity index (χ3n) is 2.54. The Hall–Kier alpha value is -0.640. The molecule has 0 radical (unpaired) electrons. The molecule has 0 aliphatic carbocycles. The van der Waals surface area contributed by atoms with Gasteiger partial charge in [-0.05, 0) is 30.3 Å². The van der Waals surface area contributed by atoms with Gasteiger partial charge in [0.1, 0.15) is 0 Å². The molecule has 0 N–H and O–H groups in total. The second kappa shape index (κ2) is 7.08. The highest BCUT2D eigenvalue weighted by Gasteiger charge is 2.15. The molecular weight excluding hydrogens is 377 g/mol. The van der Waals surface area contributed by atoms with Gasteiger partial charge in [0.05, 0.1) is 15.1 Å². The van der Waals surface area contributed by atoms with E-state index < -0.39 is 0 Å². The quantitative estimate of drug-likeness (QED) is 0.585. The zero-order chi connectivity index (χ0) is 15.6. The number of rotatable bonds is 4. The molecular formula is C14H7Cl5O2. The molecule has 2 aromatic carbocycles. The van der Waals surface area contributed by atoms with Gasteiger partial charge in [0.2, 0.25) is 5.78 Å². The average molecular weight is 384 g/mol. The summed E-state index contributed by atoms with van der Waals surface area (Å²) in [6, 6.07) is 7.55. The first kappa shape index (κ1) is 16.7. The van der Waals surface area contributed by atoms with Crippen molar-refractivity contribution in [2.75, 3.05) is 6.61 Å². The molecule has 0 spiro atoms. The molecule has 0 heterocycles. The second-order valence-corrected chi connectivity index (χ2v) is 6.13. The molecule has 2 rings (SSSR count). The molecule has 0 aromatic heterocycles. The predicted molar refractivity (Wildman–Crippen MR) is 87.8 cm³/mol. The zero-order valence-corrected chi connectivity index (χ0v) is 14.1. The van der Waals surface area contributed by atoms with Crippen LogP contribution in [0.4, 0.5) is 0 Å². The lowest BCUT2D eigenvalue weighted by molar-refractivity contribution is 0.0922. The van der Waals surface area contributed by atoms with Crippen molar-refractivity contribution >= 4 is 63.8 Å². The number of ketones is 1. The van der Waals surface area contributed by atoms with Gasteiger partial charge in [-0.25, -0.2) is 0 Å². The largest absolute Gasteiger partial charge is 0.482 e. The smallest absolute Gasteiger partial charge is 0.201 e. The minimum Gasteiger partial charge on any atom is -0.482 e. The monoisotopic (exact) mass is 382 g/mol. The maximum absolute atomic E-state index is 12.1. The first-order valence-corrected chi connectivity index (χ1v) is 7.53. The molecule has 7 heteroatoms. The van der Waals surface area contributed by atoms with Gasteiger partial charge in [0, 0.05) is 15.6 Å². The van der Waals surface area contributed by atoms with E-state index in [1.54, 1.807) is 12.1 Å². The Labute approximate surface area is 146 Å². The first-order valence-electron chi connectivity index (χ1n) is 5.64. The number of ether oxygens (including phenoxy) is 1. The van der Waals surface area contributed by atoms with Crippen LogP contribution >= 0.6 is 58.0 Å². The molecule has 2 nitrogen and oxygen atoms in total. The number of hydrogen-bond donors (Lipinski definition) is 0. The molecule has 21 heavy (non-hydrogen) atoms. The van der Waals surface area contributed by atoms with E-state index in [2.05, 4.69) is 0 Å². The van der Waals surface area contributed by atoms with E-state index in [0.717, 1.165) is 0 Å². The van der Waals surface area contributed by atoms with Gasteiger partial charge in [-0.15, -0.1) is 0 Å². The van der Waals surface area contributed by atoms with E-state index in [0.29, 0.717) is 15.1 Å². The van der Waals surface area contributed by atoms with Gasteiger partial charge in [0.25, 0.3) is 0 Å². The molecule has 0 saturated heterocycles. The molecule has 0 aliphatic rings. The van der Waals surface area contributed by atoms with Crippen molar-refractivity contribution in [2.45, 2.75) is 0 Å². The van der Waals surface area contributed by atoms with Gasteiger partial charge in [-0.2, -0.15) is 0 Å². The fraction of sp³-hybridized carbons (Fsp3) is 0.0714. The van der Waals surface area contributed by atoms with Crippen LogP contribution in [0.5, 0.6) is 5.75 Å². The Balaban J connectivity index is 2.17. The Morgan fingerprint density at radius 3 is 2.10 bits per heavy atom. The van der Waals surface area contributed by atoms with Crippen molar-refractivity contribution in [1.82, 2.24) is 0 Å². The van der Waals surface area contributed by atoms with Crippen LogP contribution in [0, 0.1) is 0 Å². The van der Waals surface area contributed by atoms with Crippen molar-refractivity contribution in [2.24, 2.45) is 0 Å². The number of benzene rings is 2. The highest BCUT2D eigenvalue weighted by atomic mass is 35.5. The van der Waals surface area contributed by atoms with E-state index in [9.17, 15) is 4.79 Å². The van der Waals surface area contributed by atoms with E-state index in [4.69, 9.17) is 62.7 Å². The summed E-state index contributed by atoms with van der Waals surface area (Å²) in [5, 5.41) is 1.52. The van der Waals surface area contributed by atoms with Crippen molar-refractivity contribution in [3.05, 3.63) is 61.0 Å². The number of halogens is 5. The Morgan fingerprint density at radius 2 is 1.48 bits per heavy atom. The topological polar surface area (TPSA) is 26.3 Å². The van der Waals surface area contributed by atoms with Crippen LogP contribution in [0.2, 0.25) is 25.1 Å². The standard InChI is InChI=1S/C14H7Cl5O2/c15-7-1-2-10(17)9(3-7)13(20)6-21-14-11(18)4-8(16)5-12(14)19/h1-5H,6H2. The van der Waals surface area contributed by atoms with Crippen LogP contribution < -0.4 is 4.74 Å². The molecule has 0 saturated carbocycles. The van der Waals surface area contributed by atoms with Gasteiger partial charge in [-0.1, -0.05) is 58.0 Å². The molecule has 110 valence electrons. The molecule has 0 bridgehead atoms. The van der Waals surface area contributed by atoms with Crippen LogP contribution in [0.15, 0.2) is 30.3 Å². The average Bonchev–Trinajstić information content (AvgIpc) is 2.40. The summed E-state index contributed by atoms with van der Waals surface area (Å²) in [4.78, 5) is 12.1. The van der Waals surface area contributed by atoms with Crippen molar-refractivity contribution < 1.29 is 9.53 Å². The fourth-order valence-electron chi connectivity index (χ4n) is 1.59. The Bertz CT molecular complexity index is 677. The first-order chi connectivity index (χ1) is 9.88. The lowest BCUT2D eigenvalue weighted by Crippen LogP contribution is -2.12. The molecule has 2 aromatic rings. The SMILES string of the molecule is O=C(COc1c(Cl)cc(Cl)cc1Cl)c1cc(Cl)ccc1Cl. The van der Waals surface area contributed by atoms with Crippen molar-refractivity contribution in [3.8, 4) is 5.75 Å². The summed E-state index contributed by atoms with van der Waals surface area (Å²) >= 11 is 29.5. The summed E-state index contributed by atoms with van der Waals surface area (Å²) in [5.74, 6) is -0.154. The predicted octanol–water partition coefficient (Wildman–Crippen LogP) is 6.22. The highest BCUT2D eigenvalue weighted by Crippen LogP contribution is 2.36. The summed E-state index contributed by atoms with van der Waals surface area (Å²) < 4.78 is 5.36. The van der Waals surface area contributed by atoms with Crippen LogP contribution in [-0.4, -0.2) is 12.4 Å². The minimum atomic E-state index is -0.343. The van der Waals surface area contributed by atoms with Crippen LogP contribution in [0.1, 0.15) is 10.4 Å². The van der Waals surface area contributed by atoms with E-state index in [1.165, 1.54) is 18.2 Å². The Kier molecular flexibility index (Phi) is 5.64. The summed E-state index contributed by atoms with van der Waals surface area (Å²) in [5.41, 5.74) is 0.269. The molecule has 0 unspecified atom stereocenters. The van der Waals surface area contributed by atoms with Crippen LogP contribution in [-0.2, 0) is 0 Å². The fourth-order valence-corrected chi connectivity index (χ4v) is 2.91. The second-order valence-electron chi connectivity index (χ2n) is 4.03. The third kappa shape index (κ3) is 4.18.